The highest BCUT2D eigenvalue weighted by Gasteiger charge is 2.32. The monoisotopic (exact) mass is 354 g/mol. The number of aromatic nitrogens is 3. The van der Waals surface area contributed by atoms with Gasteiger partial charge in [0.2, 0.25) is 5.89 Å². The Kier molecular flexibility index (Phi) is 4.92. The van der Waals surface area contributed by atoms with Crippen LogP contribution in [0.1, 0.15) is 17.4 Å². The lowest BCUT2D eigenvalue weighted by molar-refractivity contribution is 0.139. The smallest absolute Gasteiger partial charge is 0.240 e. The Hall–Kier alpha value is -2.35. The van der Waals surface area contributed by atoms with Crippen LogP contribution in [0.15, 0.2) is 40.9 Å². The van der Waals surface area contributed by atoms with Gasteiger partial charge in [-0.15, -0.1) is 0 Å². The molecule has 0 spiro atoms. The fraction of sp³-hybridized carbons (Fsp3) is 0.421. The van der Waals surface area contributed by atoms with Crippen molar-refractivity contribution in [3.63, 3.8) is 0 Å². The predicted molar refractivity (Wildman–Crippen MR) is 95.2 cm³/mol. The molecule has 3 aromatic rings. The van der Waals surface area contributed by atoms with E-state index in [4.69, 9.17) is 14.2 Å². The van der Waals surface area contributed by atoms with Crippen LogP contribution in [0.4, 0.5) is 0 Å². The quantitative estimate of drug-likeness (QED) is 0.722. The van der Waals surface area contributed by atoms with E-state index in [9.17, 15) is 5.11 Å². The van der Waals surface area contributed by atoms with Gasteiger partial charge >= 0.3 is 0 Å². The third kappa shape index (κ3) is 3.75. The highest BCUT2D eigenvalue weighted by atomic mass is 16.5. The molecule has 0 amide bonds. The Bertz CT molecular complexity index is 882. The van der Waals surface area contributed by atoms with E-state index in [0.717, 1.165) is 29.6 Å². The van der Waals surface area contributed by atoms with E-state index < -0.39 is 0 Å². The Labute approximate surface area is 151 Å². The second kappa shape index (κ2) is 7.49. The Morgan fingerprint density at radius 1 is 1.19 bits per heavy atom. The molecule has 0 radical (unpaired) electrons. The van der Waals surface area contributed by atoms with Crippen molar-refractivity contribution in [1.29, 1.82) is 0 Å². The SMILES string of the molecule is COCc1noc(CN2C[C@@H](Cc3ccc4ccccc4n3)[C@H](O)C2)n1. The van der Waals surface area contributed by atoms with E-state index in [0.29, 0.717) is 31.4 Å². The zero-order valence-electron chi connectivity index (χ0n) is 14.7. The van der Waals surface area contributed by atoms with Crippen molar-refractivity contribution in [2.75, 3.05) is 20.2 Å². The first kappa shape index (κ1) is 17.1. The van der Waals surface area contributed by atoms with Gasteiger partial charge in [-0.2, -0.15) is 4.98 Å². The fourth-order valence-electron chi connectivity index (χ4n) is 3.50. The van der Waals surface area contributed by atoms with Crippen LogP contribution < -0.4 is 0 Å². The molecule has 3 heterocycles. The molecule has 0 unspecified atom stereocenters. The van der Waals surface area contributed by atoms with Gasteiger partial charge in [-0.3, -0.25) is 9.88 Å². The van der Waals surface area contributed by atoms with E-state index in [1.165, 1.54) is 0 Å². The molecule has 26 heavy (non-hydrogen) atoms. The molecule has 1 aliphatic heterocycles. The predicted octanol–water partition coefficient (Wildman–Crippen LogP) is 1.80. The van der Waals surface area contributed by atoms with E-state index in [1.807, 2.05) is 24.3 Å². The Balaban J connectivity index is 1.39. The minimum Gasteiger partial charge on any atom is -0.391 e. The molecule has 1 aliphatic rings. The van der Waals surface area contributed by atoms with Crippen molar-refractivity contribution in [2.45, 2.75) is 25.7 Å². The number of aliphatic hydroxyl groups excluding tert-OH is 1. The maximum absolute atomic E-state index is 10.4. The van der Waals surface area contributed by atoms with Gasteiger partial charge in [-0.05, 0) is 18.6 Å². The number of para-hydroxylation sites is 1. The van der Waals surface area contributed by atoms with Gasteiger partial charge in [0, 0.05) is 37.2 Å². The number of methoxy groups -OCH3 is 1. The lowest BCUT2D eigenvalue weighted by Crippen LogP contribution is -2.21. The number of β-amino-alcohol motifs (C(OH)–C–C–N with tert-alkyl or cyclic N) is 1. The largest absolute Gasteiger partial charge is 0.391 e. The van der Waals surface area contributed by atoms with Crippen molar-refractivity contribution in [3.05, 3.63) is 53.8 Å². The lowest BCUT2D eigenvalue weighted by atomic mass is 9.99. The average molecular weight is 354 g/mol. The van der Waals surface area contributed by atoms with Gasteiger partial charge < -0.3 is 14.4 Å². The summed E-state index contributed by atoms with van der Waals surface area (Å²) in [6, 6.07) is 12.2. The summed E-state index contributed by atoms with van der Waals surface area (Å²) in [6.45, 7) is 2.25. The zero-order valence-corrected chi connectivity index (χ0v) is 14.7. The van der Waals surface area contributed by atoms with Crippen LogP contribution in [0.25, 0.3) is 10.9 Å². The van der Waals surface area contributed by atoms with E-state index in [2.05, 4.69) is 27.2 Å². The highest BCUT2D eigenvalue weighted by molar-refractivity contribution is 5.78. The molecular weight excluding hydrogens is 332 g/mol. The second-order valence-electron chi connectivity index (χ2n) is 6.76. The molecule has 0 bridgehead atoms. The molecule has 7 nitrogen and oxygen atoms in total. The van der Waals surface area contributed by atoms with E-state index in [-0.39, 0.29) is 12.0 Å². The molecule has 1 N–H and O–H groups in total. The summed E-state index contributed by atoms with van der Waals surface area (Å²) in [7, 11) is 1.60. The number of fused-ring (bicyclic) bond motifs is 1. The van der Waals surface area contributed by atoms with Crippen LogP contribution in [0.5, 0.6) is 0 Å². The maximum Gasteiger partial charge on any atom is 0.240 e. The van der Waals surface area contributed by atoms with Crippen LogP contribution in [0, 0.1) is 5.92 Å². The molecule has 0 aliphatic carbocycles. The molecule has 7 heteroatoms. The van der Waals surface area contributed by atoms with Crippen molar-refractivity contribution >= 4 is 10.9 Å². The minimum absolute atomic E-state index is 0.144. The molecule has 0 saturated carbocycles. The summed E-state index contributed by atoms with van der Waals surface area (Å²) < 4.78 is 10.2. The Morgan fingerprint density at radius 2 is 2.08 bits per heavy atom. The molecule has 4 rings (SSSR count). The third-order valence-corrected chi connectivity index (χ3v) is 4.75. The number of aliphatic hydroxyl groups is 1. The maximum atomic E-state index is 10.4. The number of hydrogen-bond donors (Lipinski definition) is 1. The van der Waals surface area contributed by atoms with Gasteiger partial charge in [0.15, 0.2) is 5.82 Å². The summed E-state index contributed by atoms with van der Waals surface area (Å²) in [5.74, 6) is 1.23. The van der Waals surface area contributed by atoms with Gasteiger partial charge in [0.05, 0.1) is 18.2 Å². The van der Waals surface area contributed by atoms with Crippen LogP contribution in [-0.4, -0.2) is 51.4 Å². The number of likely N-dealkylation sites (tertiary alicyclic amines) is 1. The molecule has 1 fully saturated rings. The molecule has 1 aromatic carbocycles. The summed E-state index contributed by atoms with van der Waals surface area (Å²) >= 11 is 0. The molecule has 2 aromatic heterocycles. The lowest BCUT2D eigenvalue weighted by Gasteiger charge is -2.13. The van der Waals surface area contributed by atoms with Crippen LogP contribution in [0.2, 0.25) is 0 Å². The number of hydrogen-bond acceptors (Lipinski definition) is 7. The van der Waals surface area contributed by atoms with Crippen LogP contribution in [-0.2, 0) is 24.3 Å². The standard InChI is InChI=1S/C19H22N4O3/c1-25-12-18-21-19(26-22-18)11-23-9-14(17(24)10-23)8-15-7-6-13-4-2-3-5-16(13)20-15/h2-7,14,17,24H,8-12H2,1H3/t14-,17-/m1/s1. The van der Waals surface area contributed by atoms with Crippen LogP contribution in [0.3, 0.4) is 0 Å². The Morgan fingerprint density at radius 3 is 2.96 bits per heavy atom. The first-order valence-corrected chi connectivity index (χ1v) is 8.77. The summed E-state index contributed by atoms with van der Waals surface area (Å²) in [4.78, 5) is 11.2. The minimum atomic E-state index is -0.385. The van der Waals surface area contributed by atoms with E-state index in [1.54, 1.807) is 7.11 Å². The highest BCUT2D eigenvalue weighted by Crippen LogP contribution is 2.23. The topological polar surface area (TPSA) is 84.5 Å². The summed E-state index contributed by atoms with van der Waals surface area (Å²) in [6.07, 6.45) is 0.367. The second-order valence-corrected chi connectivity index (χ2v) is 6.76. The van der Waals surface area contributed by atoms with Gasteiger partial charge in [0.25, 0.3) is 0 Å². The number of benzene rings is 1. The first-order valence-electron chi connectivity index (χ1n) is 8.77. The summed E-state index contributed by atoms with van der Waals surface area (Å²) in [5.41, 5.74) is 2.00. The molecule has 2 atom stereocenters. The number of nitrogens with zero attached hydrogens (tertiary/aromatic N) is 4. The van der Waals surface area contributed by atoms with Crippen molar-refractivity contribution in [3.8, 4) is 0 Å². The fourth-order valence-corrected chi connectivity index (χ4v) is 3.50. The summed E-state index contributed by atoms with van der Waals surface area (Å²) in [5, 5.41) is 15.5. The number of ether oxygens (including phenoxy) is 1. The first-order chi connectivity index (χ1) is 12.7. The van der Waals surface area contributed by atoms with Gasteiger partial charge in [-0.1, -0.05) is 29.4 Å². The van der Waals surface area contributed by atoms with Gasteiger partial charge in [-0.25, -0.2) is 0 Å². The van der Waals surface area contributed by atoms with E-state index >= 15 is 0 Å². The average Bonchev–Trinajstić information content (AvgIpc) is 3.22. The van der Waals surface area contributed by atoms with Crippen molar-refractivity contribution in [2.24, 2.45) is 5.92 Å². The molecule has 1 saturated heterocycles. The third-order valence-electron chi connectivity index (χ3n) is 4.75. The number of pyridine rings is 1. The normalized spacial score (nSPS) is 20.8. The van der Waals surface area contributed by atoms with Crippen LogP contribution >= 0.6 is 0 Å². The molecular formula is C19H22N4O3. The van der Waals surface area contributed by atoms with Gasteiger partial charge in [0.1, 0.15) is 6.61 Å². The number of rotatable bonds is 6. The van der Waals surface area contributed by atoms with Crippen molar-refractivity contribution in [1.82, 2.24) is 20.0 Å². The zero-order chi connectivity index (χ0) is 17.9. The van der Waals surface area contributed by atoms with Crippen molar-refractivity contribution < 1.29 is 14.4 Å². The molecule has 136 valence electrons.